The maximum absolute atomic E-state index is 13.1. The third-order valence-electron chi connectivity index (χ3n) is 6.02. The number of rotatable bonds is 6. The molecule has 0 radical (unpaired) electrons. The molecule has 1 N–H and O–H groups in total. The second kappa shape index (κ2) is 9.12. The van der Waals surface area contributed by atoms with Gasteiger partial charge in [0.15, 0.2) is 17.3 Å². The van der Waals surface area contributed by atoms with Gasteiger partial charge >= 0.3 is 0 Å². The molecule has 2 aliphatic heterocycles. The van der Waals surface area contributed by atoms with Gasteiger partial charge in [-0.2, -0.15) is 0 Å². The molecule has 0 amide bonds. The summed E-state index contributed by atoms with van der Waals surface area (Å²) in [5, 5.41) is 10.5. The number of phenols is 1. The van der Waals surface area contributed by atoms with Gasteiger partial charge in [0, 0.05) is 13.1 Å². The Hall–Kier alpha value is -3.19. The second-order valence-corrected chi connectivity index (χ2v) is 8.32. The number of carbonyl (C=O) groups excluding carboxylic acids is 1. The van der Waals surface area contributed by atoms with E-state index >= 15 is 0 Å². The van der Waals surface area contributed by atoms with Crippen molar-refractivity contribution in [3.05, 3.63) is 46.7 Å². The van der Waals surface area contributed by atoms with Gasteiger partial charge < -0.3 is 24.1 Å². The molecule has 2 aliphatic rings. The lowest BCUT2D eigenvalue weighted by Gasteiger charge is -2.31. The SMILES string of the molecule is COc1cc(/C=C2\Oc3c(ccc(O)c3CN3CCC[C@@H](C)C3)C2=O)cc(OC)c1OC. The molecule has 0 bridgehead atoms. The van der Waals surface area contributed by atoms with Gasteiger partial charge in [-0.05, 0) is 61.2 Å². The predicted octanol–water partition coefficient (Wildman–Crippen LogP) is 4.27. The Bertz CT molecular complexity index is 1040. The number of likely N-dealkylation sites (tertiary alicyclic amines) is 1. The van der Waals surface area contributed by atoms with E-state index in [1.54, 1.807) is 30.3 Å². The summed E-state index contributed by atoms with van der Waals surface area (Å²) in [4.78, 5) is 15.4. The van der Waals surface area contributed by atoms with Crippen molar-refractivity contribution in [2.75, 3.05) is 34.4 Å². The van der Waals surface area contributed by atoms with E-state index in [1.807, 2.05) is 0 Å². The van der Waals surface area contributed by atoms with Crippen LogP contribution in [0.15, 0.2) is 30.0 Å². The van der Waals surface area contributed by atoms with Crippen molar-refractivity contribution in [3.63, 3.8) is 0 Å². The van der Waals surface area contributed by atoms with E-state index in [0.717, 1.165) is 19.5 Å². The maximum atomic E-state index is 13.1. The van der Waals surface area contributed by atoms with Crippen LogP contribution in [-0.4, -0.2) is 50.2 Å². The van der Waals surface area contributed by atoms with Crippen LogP contribution < -0.4 is 18.9 Å². The van der Waals surface area contributed by atoms with Crippen LogP contribution in [0, 0.1) is 5.92 Å². The number of ketones is 1. The van der Waals surface area contributed by atoms with E-state index in [1.165, 1.54) is 27.8 Å². The fourth-order valence-corrected chi connectivity index (χ4v) is 4.44. The standard InChI is InChI=1S/C25H29NO6/c1-15-6-5-9-26(13-15)14-18-19(27)8-7-17-23(28)20(32-24(17)18)10-16-11-21(29-2)25(31-4)22(12-16)30-3/h7-8,10-12,15,27H,5-6,9,13-14H2,1-4H3/b20-10-/t15-/m1/s1. The van der Waals surface area contributed by atoms with Crippen LogP contribution in [0.5, 0.6) is 28.7 Å². The zero-order valence-corrected chi connectivity index (χ0v) is 18.9. The molecule has 2 aromatic carbocycles. The number of ether oxygens (including phenoxy) is 4. The first-order valence-electron chi connectivity index (χ1n) is 10.8. The Morgan fingerprint density at radius 2 is 1.88 bits per heavy atom. The first kappa shape index (κ1) is 22.0. The van der Waals surface area contributed by atoms with E-state index in [0.29, 0.717) is 52.2 Å². The minimum Gasteiger partial charge on any atom is -0.507 e. The third-order valence-corrected chi connectivity index (χ3v) is 6.02. The lowest BCUT2D eigenvalue weighted by atomic mass is 9.99. The fourth-order valence-electron chi connectivity index (χ4n) is 4.44. The average molecular weight is 440 g/mol. The summed E-state index contributed by atoms with van der Waals surface area (Å²) in [5.74, 6) is 2.60. The van der Waals surface area contributed by atoms with Gasteiger partial charge in [-0.25, -0.2) is 0 Å². The Morgan fingerprint density at radius 1 is 1.16 bits per heavy atom. The van der Waals surface area contributed by atoms with Gasteiger partial charge in [-0.15, -0.1) is 0 Å². The molecule has 1 atom stereocenters. The molecule has 2 aromatic rings. The molecule has 7 nitrogen and oxygen atoms in total. The normalized spacial score (nSPS) is 19.6. The molecular formula is C25H29NO6. The third kappa shape index (κ3) is 4.12. The van der Waals surface area contributed by atoms with Crippen molar-refractivity contribution < 1.29 is 28.8 Å². The fraction of sp³-hybridized carbons (Fsp3) is 0.400. The quantitative estimate of drug-likeness (QED) is 0.674. The molecule has 1 saturated heterocycles. The highest BCUT2D eigenvalue weighted by Gasteiger charge is 2.32. The molecule has 32 heavy (non-hydrogen) atoms. The van der Waals surface area contributed by atoms with Crippen LogP contribution in [0.25, 0.3) is 6.08 Å². The number of hydrogen-bond donors (Lipinski definition) is 1. The summed E-state index contributed by atoms with van der Waals surface area (Å²) in [6.07, 6.45) is 3.99. The lowest BCUT2D eigenvalue weighted by molar-refractivity contribution is 0.101. The molecule has 0 aromatic heterocycles. The molecule has 4 rings (SSSR count). The van der Waals surface area contributed by atoms with Gasteiger partial charge in [0.25, 0.3) is 0 Å². The number of carbonyl (C=O) groups is 1. The number of aromatic hydroxyl groups is 1. The predicted molar refractivity (Wildman–Crippen MR) is 121 cm³/mol. The second-order valence-electron chi connectivity index (χ2n) is 8.32. The molecule has 2 heterocycles. The number of phenolic OH excluding ortho intramolecular Hbond substituents is 1. The molecule has 0 unspecified atom stereocenters. The van der Waals surface area contributed by atoms with Crippen LogP contribution in [0.2, 0.25) is 0 Å². The molecule has 170 valence electrons. The number of piperidine rings is 1. The summed E-state index contributed by atoms with van der Waals surface area (Å²) in [6, 6.07) is 6.69. The van der Waals surface area contributed by atoms with E-state index in [-0.39, 0.29) is 17.3 Å². The number of fused-ring (bicyclic) bond motifs is 1. The largest absolute Gasteiger partial charge is 0.507 e. The Morgan fingerprint density at radius 3 is 2.50 bits per heavy atom. The van der Waals surface area contributed by atoms with Crippen LogP contribution in [-0.2, 0) is 6.54 Å². The molecule has 0 aliphatic carbocycles. The topological polar surface area (TPSA) is 77.5 Å². The summed E-state index contributed by atoms with van der Waals surface area (Å²) in [6.45, 7) is 4.71. The average Bonchev–Trinajstić information content (AvgIpc) is 3.10. The number of allylic oxidation sites excluding steroid dienone is 1. The van der Waals surface area contributed by atoms with Crippen LogP contribution in [0.3, 0.4) is 0 Å². The van der Waals surface area contributed by atoms with Crippen molar-refractivity contribution in [1.82, 2.24) is 4.90 Å². The highest BCUT2D eigenvalue weighted by molar-refractivity contribution is 6.15. The Balaban J connectivity index is 1.67. The summed E-state index contributed by atoms with van der Waals surface area (Å²) >= 11 is 0. The Kier molecular flexibility index (Phi) is 6.28. The zero-order valence-electron chi connectivity index (χ0n) is 18.9. The number of benzene rings is 2. The Labute approximate surface area is 188 Å². The van der Waals surface area contributed by atoms with Gasteiger partial charge in [0.05, 0.1) is 32.5 Å². The summed E-state index contributed by atoms with van der Waals surface area (Å²) < 4.78 is 22.2. The monoisotopic (exact) mass is 439 g/mol. The first-order valence-corrected chi connectivity index (χ1v) is 10.8. The van der Waals surface area contributed by atoms with Crippen molar-refractivity contribution in [2.45, 2.75) is 26.3 Å². The van der Waals surface area contributed by atoms with Gasteiger partial charge in [0.2, 0.25) is 11.5 Å². The number of nitrogens with zero attached hydrogens (tertiary/aromatic N) is 1. The number of methoxy groups -OCH3 is 3. The van der Waals surface area contributed by atoms with Crippen molar-refractivity contribution in [3.8, 4) is 28.7 Å². The van der Waals surface area contributed by atoms with Crippen LogP contribution in [0.4, 0.5) is 0 Å². The number of Topliss-reactive ketones (excluding diaryl/α,β-unsaturated/α-hetero) is 1. The van der Waals surface area contributed by atoms with Gasteiger partial charge in [0.1, 0.15) is 11.5 Å². The minimum atomic E-state index is -0.220. The molecule has 7 heteroatoms. The molecular weight excluding hydrogens is 410 g/mol. The van der Waals surface area contributed by atoms with Crippen LogP contribution in [0.1, 0.15) is 41.3 Å². The van der Waals surface area contributed by atoms with Gasteiger partial charge in [-0.1, -0.05) is 6.92 Å². The van der Waals surface area contributed by atoms with Crippen molar-refractivity contribution in [2.24, 2.45) is 5.92 Å². The van der Waals surface area contributed by atoms with Crippen LogP contribution >= 0.6 is 0 Å². The van der Waals surface area contributed by atoms with E-state index in [2.05, 4.69) is 11.8 Å². The van der Waals surface area contributed by atoms with E-state index in [9.17, 15) is 9.90 Å². The van der Waals surface area contributed by atoms with E-state index in [4.69, 9.17) is 18.9 Å². The number of hydrogen-bond acceptors (Lipinski definition) is 7. The lowest BCUT2D eigenvalue weighted by Crippen LogP contribution is -2.33. The molecule has 0 spiro atoms. The first-order chi connectivity index (χ1) is 15.4. The maximum Gasteiger partial charge on any atom is 0.231 e. The molecule has 1 fully saturated rings. The smallest absolute Gasteiger partial charge is 0.231 e. The van der Waals surface area contributed by atoms with Crippen molar-refractivity contribution in [1.29, 1.82) is 0 Å². The van der Waals surface area contributed by atoms with E-state index < -0.39 is 0 Å². The zero-order chi connectivity index (χ0) is 22.8. The highest BCUT2D eigenvalue weighted by Crippen LogP contribution is 2.42. The minimum absolute atomic E-state index is 0.142. The summed E-state index contributed by atoms with van der Waals surface area (Å²) in [7, 11) is 4.62. The highest BCUT2D eigenvalue weighted by atomic mass is 16.5. The van der Waals surface area contributed by atoms with Gasteiger partial charge in [-0.3, -0.25) is 9.69 Å². The van der Waals surface area contributed by atoms with Crippen molar-refractivity contribution >= 4 is 11.9 Å². The molecule has 0 saturated carbocycles. The summed E-state index contributed by atoms with van der Waals surface area (Å²) in [5.41, 5.74) is 1.78.